The van der Waals surface area contributed by atoms with Crippen LogP contribution in [0.4, 0.5) is 11.4 Å². The van der Waals surface area contributed by atoms with Gasteiger partial charge in [0, 0.05) is 31.6 Å². The van der Waals surface area contributed by atoms with E-state index in [2.05, 4.69) is 5.32 Å². The number of nitro benzene ring substituents is 1. The molecule has 0 aliphatic heterocycles. The van der Waals surface area contributed by atoms with E-state index in [1.807, 2.05) is 30.3 Å². The number of hydrogen-bond donors (Lipinski definition) is 2. The van der Waals surface area contributed by atoms with Crippen LogP contribution in [-0.4, -0.2) is 27.4 Å². The maximum Gasteiger partial charge on any atom is 0.271 e. The first-order valence-corrected chi connectivity index (χ1v) is 8.47. The number of non-ortho nitro benzene ring substituents is 1. The fourth-order valence-electron chi connectivity index (χ4n) is 2.22. The topological polar surface area (TPSA) is 102 Å². The van der Waals surface area contributed by atoms with Crippen LogP contribution in [-0.2, 0) is 11.3 Å². The summed E-state index contributed by atoms with van der Waals surface area (Å²) in [7, 11) is 0. The molecule has 1 amide bonds. The van der Waals surface area contributed by atoms with Crippen LogP contribution in [0.1, 0.15) is 12.0 Å². The van der Waals surface area contributed by atoms with Gasteiger partial charge in [-0.2, -0.15) is 0 Å². The molecule has 9 heteroatoms. The lowest BCUT2D eigenvalue weighted by Gasteiger charge is -2.26. The van der Waals surface area contributed by atoms with Crippen molar-refractivity contribution in [2.45, 2.75) is 13.0 Å². The van der Waals surface area contributed by atoms with E-state index >= 15 is 0 Å². The summed E-state index contributed by atoms with van der Waals surface area (Å²) < 4.78 is 0. The molecule has 0 saturated heterocycles. The van der Waals surface area contributed by atoms with E-state index in [4.69, 9.17) is 29.6 Å². The van der Waals surface area contributed by atoms with Gasteiger partial charge in [0.15, 0.2) is 5.11 Å². The molecule has 136 valence electrons. The number of nitro groups is 1. The zero-order valence-electron chi connectivity index (χ0n) is 13.7. The monoisotopic (exact) mass is 392 g/mol. The molecule has 0 heterocycles. The Morgan fingerprint density at radius 2 is 1.96 bits per heavy atom. The lowest BCUT2D eigenvalue weighted by Crippen LogP contribution is -2.36. The molecule has 0 fully saturated rings. The third-order valence-electron chi connectivity index (χ3n) is 3.53. The standard InChI is InChI=1S/C17H17ClN4O3S/c18-14-7-6-13(22(24)25)10-15(14)20-17(26)21(9-8-16(19)23)11-12-4-2-1-3-5-12/h1-7,10H,8-9,11H2,(H2,19,23)(H,20,26). The van der Waals surface area contributed by atoms with E-state index in [1.54, 1.807) is 4.90 Å². The molecule has 2 rings (SSSR count). The van der Waals surface area contributed by atoms with Crippen molar-refractivity contribution in [3.8, 4) is 0 Å². The van der Waals surface area contributed by atoms with Gasteiger partial charge in [0.05, 0.1) is 15.6 Å². The van der Waals surface area contributed by atoms with Crippen molar-refractivity contribution in [3.05, 3.63) is 69.2 Å². The van der Waals surface area contributed by atoms with E-state index in [9.17, 15) is 14.9 Å². The number of hydrogen-bond acceptors (Lipinski definition) is 4. The van der Waals surface area contributed by atoms with Crippen LogP contribution in [0.3, 0.4) is 0 Å². The van der Waals surface area contributed by atoms with Crippen LogP contribution in [0.2, 0.25) is 5.02 Å². The first-order chi connectivity index (χ1) is 12.4. The molecule has 0 radical (unpaired) electrons. The number of anilines is 1. The van der Waals surface area contributed by atoms with Gasteiger partial charge in [-0.15, -0.1) is 0 Å². The average Bonchev–Trinajstić information content (AvgIpc) is 2.60. The van der Waals surface area contributed by atoms with Gasteiger partial charge >= 0.3 is 0 Å². The van der Waals surface area contributed by atoms with Crippen molar-refractivity contribution < 1.29 is 9.72 Å². The highest BCUT2D eigenvalue weighted by atomic mass is 35.5. The van der Waals surface area contributed by atoms with Gasteiger partial charge in [0.25, 0.3) is 5.69 Å². The highest BCUT2D eigenvalue weighted by Crippen LogP contribution is 2.27. The summed E-state index contributed by atoms with van der Waals surface area (Å²) in [6, 6.07) is 13.6. The molecule has 3 N–H and O–H groups in total. The molecule has 0 aromatic heterocycles. The molecule has 0 saturated carbocycles. The molecular weight excluding hydrogens is 376 g/mol. The average molecular weight is 393 g/mol. The Bertz CT molecular complexity index is 817. The van der Waals surface area contributed by atoms with Gasteiger partial charge in [0.1, 0.15) is 0 Å². The minimum absolute atomic E-state index is 0.105. The van der Waals surface area contributed by atoms with Crippen LogP contribution in [0.25, 0.3) is 0 Å². The number of rotatable bonds is 7. The second-order valence-electron chi connectivity index (χ2n) is 5.47. The normalized spacial score (nSPS) is 10.2. The van der Waals surface area contributed by atoms with Gasteiger partial charge in [-0.25, -0.2) is 0 Å². The lowest BCUT2D eigenvalue weighted by atomic mass is 10.2. The summed E-state index contributed by atoms with van der Waals surface area (Å²) >= 11 is 11.5. The van der Waals surface area contributed by atoms with Crippen molar-refractivity contribution in [1.29, 1.82) is 0 Å². The van der Waals surface area contributed by atoms with Crippen molar-refractivity contribution in [1.82, 2.24) is 4.90 Å². The Morgan fingerprint density at radius 3 is 2.58 bits per heavy atom. The Hall–Kier alpha value is -2.71. The molecule has 0 spiro atoms. The van der Waals surface area contributed by atoms with Gasteiger partial charge in [-0.05, 0) is 23.8 Å². The minimum atomic E-state index is -0.515. The summed E-state index contributed by atoms with van der Waals surface area (Å²) in [6.45, 7) is 0.759. The summed E-state index contributed by atoms with van der Waals surface area (Å²) in [5.74, 6) is -0.445. The fourth-order valence-corrected chi connectivity index (χ4v) is 2.65. The fraction of sp³-hybridized carbons (Fsp3) is 0.176. The second kappa shape index (κ2) is 9.12. The highest BCUT2D eigenvalue weighted by Gasteiger charge is 2.15. The van der Waals surface area contributed by atoms with Crippen LogP contribution in [0.5, 0.6) is 0 Å². The Labute approximate surface area is 160 Å². The maximum atomic E-state index is 11.1. The number of nitrogens with two attached hydrogens (primary N) is 1. The third kappa shape index (κ3) is 5.68. The molecule has 2 aromatic rings. The van der Waals surface area contributed by atoms with Crippen molar-refractivity contribution in [3.63, 3.8) is 0 Å². The summed E-state index contributed by atoms with van der Waals surface area (Å²) in [4.78, 5) is 23.3. The molecule has 0 bridgehead atoms. The highest BCUT2D eigenvalue weighted by molar-refractivity contribution is 7.80. The molecule has 0 atom stereocenters. The number of halogens is 1. The number of nitrogens with zero attached hydrogens (tertiary/aromatic N) is 2. The first-order valence-electron chi connectivity index (χ1n) is 7.69. The molecule has 2 aromatic carbocycles. The molecule has 7 nitrogen and oxygen atoms in total. The summed E-state index contributed by atoms with van der Waals surface area (Å²) in [5, 5.41) is 14.4. The quantitative estimate of drug-likeness (QED) is 0.425. The van der Waals surface area contributed by atoms with E-state index in [0.717, 1.165) is 5.56 Å². The molecule has 0 unspecified atom stereocenters. The van der Waals surface area contributed by atoms with Gasteiger partial charge in [-0.3, -0.25) is 14.9 Å². The predicted molar refractivity (Wildman–Crippen MR) is 105 cm³/mol. The van der Waals surface area contributed by atoms with Crippen LogP contribution >= 0.6 is 23.8 Å². The van der Waals surface area contributed by atoms with Gasteiger partial charge < -0.3 is 16.0 Å². The zero-order valence-corrected chi connectivity index (χ0v) is 15.3. The maximum absolute atomic E-state index is 11.1. The third-order valence-corrected chi connectivity index (χ3v) is 4.22. The van der Waals surface area contributed by atoms with Gasteiger partial charge in [0.2, 0.25) is 5.91 Å². The SMILES string of the molecule is NC(=O)CCN(Cc1ccccc1)C(=S)Nc1cc([N+](=O)[O-])ccc1Cl. The summed E-state index contributed by atoms with van der Waals surface area (Å²) in [5.41, 5.74) is 6.45. The lowest BCUT2D eigenvalue weighted by molar-refractivity contribution is -0.384. The number of carbonyl (C=O) groups is 1. The number of thiocarbonyl (C=S) groups is 1. The van der Waals surface area contributed by atoms with Crippen molar-refractivity contribution in [2.75, 3.05) is 11.9 Å². The van der Waals surface area contributed by atoms with Gasteiger partial charge in [-0.1, -0.05) is 41.9 Å². The largest absolute Gasteiger partial charge is 0.370 e. The number of amides is 1. The van der Waals surface area contributed by atoms with Crippen LogP contribution < -0.4 is 11.1 Å². The predicted octanol–water partition coefficient (Wildman–Crippen LogP) is 3.32. The molecule has 0 aliphatic carbocycles. The molecular formula is C17H17ClN4O3S. The second-order valence-corrected chi connectivity index (χ2v) is 6.27. The molecule has 26 heavy (non-hydrogen) atoms. The smallest absolute Gasteiger partial charge is 0.271 e. The zero-order chi connectivity index (χ0) is 19.1. The number of nitrogens with one attached hydrogen (secondary N) is 1. The minimum Gasteiger partial charge on any atom is -0.370 e. The number of benzene rings is 2. The van der Waals surface area contributed by atoms with Crippen LogP contribution in [0, 0.1) is 10.1 Å². The Balaban J connectivity index is 2.18. The number of carbonyl (C=O) groups excluding carboxylic acids is 1. The summed E-state index contributed by atoms with van der Waals surface area (Å²) in [6.07, 6.45) is 0.122. The van der Waals surface area contributed by atoms with Crippen molar-refractivity contribution in [2.24, 2.45) is 5.73 Å². The number of primary amides is 1. The first kappa shape index (κ1) is 19.6. The van der Waals surface area contributed by atoms with E-state index < -0.39 is 10.8 Å². The van der Waals surface area contributed by atoms with Crippen molar-refractivity contribution >= 4 is 46.2 Å². The Kier molecular flexibility index (Phi) is 6.88. The van der Waals surface area contributed by atoms with E-state index in [-0.39, 0.29) is 17.2 Å². The van der Waals surface area contributed by atoms with E-state index in [1.165, 1.54) is 18.2 Å². The van der Waals surface area contributed by atoms with Crippen LogP contribution in [0.15, 0.2) is 48.5 Å². The van der Waals surface area contributed by atoms with E-state index in [0.29, 0.717) is 23.8 Å². The Morgan fingerprint density at radius 1 is 1.27 bits per heavy atom. The molecule has 0 aliphatic rings.